The highest BCUT2D eigenvalue weighted by atomic mass is 127. The second-order valence-corrected chi connectivity index (χ2v) is 32.9. The van der Waals surface area contributed by atoms with Crippen LogP contribution in [0.4, 0.5) is 11.4 Å². The molecule has 4 aliphatic rings. The zero-order chi connectivity index (χ0) is 90.6. The second kappa shape index (κ2) is 48.2. The lowest BCUT2D eigenvalue weighted by Gasteiger charge is -2.28. The van der Waals surface area contributed by atoms with Gasteiger partial charge >= 0.3 is 23.9 Å². The van der Waals surface area contributed by atoms with Gasteiger partial charge in [-0.1, -0.05) is 11.6 Å². The Bertz CT molecular complexity index is 4420. The number of aromatic hydroxyl groups is 2. The molecule has 0 spiro atoms. The van der Waals surface area contributed by atoms with E-state index in [4.69, 9.17) is 43.5 Å². The van der Waals surface area contributed by atoms with Gasteiger partial charge in [-0.3, -0.25) is 76.7 Å². The summed E-state index contributed by atoms with van der Waals surface area (Å²) in [6.45, 7) is 7.24. The van der Waals surface area contributed by atoms with Crippen LogP contribution in [0, 0.1) is 14.3 Å². The van der Waals surface area contributed by atoms with Gasteiger partial charge in [-0.2, -0.15) is 0 Å². The van der Waals surface area contributed by atoms with Crippen molar-refractivity contribution in [1.29, 1.82) is 0 Å². The number of aldehydes is 4. The summed E-state index contributed by atoms with van der Waals surface area (Å²) < 4.78 is 2.43. The lowest BCUT2D eigenvalue weighted by Crippen LogP contribution is -2.54. The van der Waals surface area contributed by atoms with Crippen LogP contribution in [0.2, 0.25) is 5.02 Å². The summed E-state index contributed by atoms with van der Waals surface area (Å²) in [5.41, 5.74) is 13.7. The number of nitrogen functional groups attached to an aromatic ring is 2. The van der Waals surface area contributed by atoms with E-state index in [-0.39, 0.29) is 34.2 Å². The maximum Gasteiger partial charge on any atom is 0.305 e. The topological polar surface area (TPSA) is 624 Å². The molecule has 18 N–H and O–H groups in total. The Morgan fingerprint density at radius 1 is 0.388 bits per heavy atom. The predicted octanol–water partition coefficient (Wildman–Crippen LogP) is 1.46. The molecule has 40 nitrogen and oxygen atoms in total. The summed E-state index contributed by atoms with van der Waals surface area (Å²) in [6.07, 6.45) is 2.93. The molecule has 12 amide bonds. The molecule has 0 aromatic heterocycles. The Morgan fingerprint density at radius 3 is 0.893 bits per heavy atom. The zero-order valence-electron chi connectivity index (χ0n) is 65.1. The first kappa shape index (κ1) is 101. The summed E-state index contributed by atoms with van der Waals surface area (Å²) in [5, 5.41) is 74.2. The number of phenols is 2. The van der Waals surface area contributed by atoms with Crippen molar-refractivity contribution < 1.29 is 127 Å². The number of hydrogen-bond acceptors (Lipinski definition) is 24. The van der Waals surface area contributed by atoms with Gasteiger partial charge in [-0.15, -0.1) is 0 Å². The number of anilines is 2. The van der Waals surface area contributed by atoms with E-state index >= 15 is 0 Å². The Morgan fingerprint density at radius 2 is 0.636 bits per heavy atom. The van der Waals surface area contributed by atoms with Crippen LogP contribution < -0.4 is 54.0 Å². The standard InChI is InChI=1S/C19H22ClN3O7.C19H22I2N4O6.C19H21I2N3O7.C19H24N4O6/c1-10(21-17(28)11-4-5-15(25)13(20)7-11)19(30)23-6-2-3-14(23)18(29)22-12(9-24)8-16(26)27;1-9(23-17(29)10-5-12(20)16(22)13(21)6-10)19(31)25-4-2-3-14(25)18(30)24-11(8-26)7-15(27)28;1-9(22-17(29)10-5-12(20)16(28)13(21)6-10)19(31)24-4-2-3-14(24)18(30)23-11(8-25)7-15(26)27;1-11(21-17(27)12-4-6-13(20)7-5-12)19(29)23-8-2-3-15(23)18(28)22-14(10-24)9-16(25)26/h4-5,7,9-10,12,14,25H,2-3,6,8H2,1H3,(H,21,28)(H,22,29)(H,26,27);5-6,8-9,11,14H,2-4,7,22H2,1H3,(H,23,29)(H,24,30)(H,27,28);5-6,8-9,11,14,28H,2-4,7H2,1H3,(H,22,29)(H,23,30)(H,26,27);4-7,10-11,14-15H,2-3,8-9,20H2,1H3,(H,21,27)(H,22,28)(H,25,26)/t10-,12-,14-;2*9-,11-,14-;11-,14-,15-/m0000/s1. The minimum Gasteiger partial charge on any atom is -0.506 e. The van der Waals surface area contributed by atoms with Crippen LogP contribution in [-0.2, 0) is 76.7 Å². The number of carbonyl (C=O) groups excluding carboxylic acids is 16. The average molecular weight is 2160 g/mol. The number of rotatable bonds is 32. The number of nitrogens with two attached hydrogens (primary N) is 2. The Kier molecular flexibility index (Phi) is 40.3. The molecule has 4 aromatic rings. The normalized spacial score (nSPS) is 17.6. The van der Waals surface area contributed by atoms with Crippen molar-refractivity contribution in [2.75, 3.05) is 37.6 Å². The molecule has 12 atom stereocenters. The first-order valence-corrected chi connectivity index (χ1v) is 41.8. The molecule has 0 radical (unpaired) electrons. The first-order valence-electron chi connectivity index (χ1n) is 37.1. The molecule has 121 heavy (non-hydrogen) atoms. The maximum atomic E-state index is 12.9. The van der Waals surface area contributed by atoms with Crippen molar-refractivity contribution in [3.63, 3.8) is 0 Å². The third-order valence-corrected chi connectivity index (χ3v) is 22.5. The highest BCUT2D eigenvalue weighted by molar-refractivity contribution is 14.1. The van der Waals surface area contributed by atoms with E-state index in [1.165, 1.54) is 89.8 Å². The monoisotopic (exact) mass is 2160 g/mol. The third-order valence-electron chi connectivity index (χ3n) is 18.8. The molecule has 0 unspecified atom stereocenters. The fourth-order valence-electron chi connectivity index (χ4n) is 12.7. The molecule has 0 bridgehead atoms. The van der Waals surface area contributed by atoms with Gasteiger partial charge in [0.05, 0.1) is 67.7 Å². The van der Waals surface area contributed by atoms with E-state index < -0.39 is 193 Å². The number of aliphatic carboxylic acids is 4. The summed E-state index contributed by atoms with van der Waals surface area (Å²) in [5.74, 6) is -11.2. The molecule has 4 saturated heterocycles. The number of hydrogen-bond donors (Lipinski definition) is 16. The summed E-state index contributed by atoms with van der Waals surface area (Å²) in [6, 6.07) is 4.59. The molecule has 4 aliphatic heterocycles. The van der Waals surface area contributed by atoms with Crippen LogP contribution >= 0.6 is 102 Å². The molecule has 0 aliphatic carbocycles. The maximum absolute atomic E-state index is 12.9. The summed E-state index contributed by atoms with van der Waals surface area (Å²) >= 11 is 13.6. The predicted molar refractivity (Wildman–Crippen MR) is 461 cm³/mol. The van der Waals surface area contributed by atoms with Crippen molar-refractivity contribution in [2.45, 2.75) is 177 Å². The molecule has 4 heterocycles. The number of nitrogens with one attached hydrogen (secondary N) is 8. The van der Waals surface area contributed by atoms with E-state index in [9.17, 15) is 106 Å². The van der Waals surface area contributed by atoms with Crippen LogP contribution in [0.5, 0.6) is 11.5 Å². The van der Waals surface area contributed by atoms with Crippen molar-refractivity contribution >= 4 is 233 Å². The van der Waals surface area contributed by atoms with Gasteiger partial charge in [0.15, 0.2) is 0 Å². The Balaban J connectivity index is 0.000000287. The van der Waals surface area contributed by atoms with Gasteiger partial charge in [-0.25, -0.2) is 0 Å². The number of carbonyl (C=O) groups is 20. The van der Waals surface area contributed by atoms with Crippen molar-refractivity contribution in [3.05, 3.63) is 108 Å². The molecule has 0 saturated carbocycles. The number of carboxylic acids is 4. The van der Waals surface area contributed by atoms with Crippen molar-refractivity contribution in [2.24, 2.45) is 0 Å². The number of nitrogens with zero attached hydrogens (tertiary/aromatic N) is 4. The fourth-order valence-corrected chi connectivity index (χ4v) is 16.4. The largest absolute Gasteiger partial charge is 0.506 e. The Labute approximate surface area is 750 Å². The molecule has 4 aromatic carbocycles. The SMILES string of the molecule is C[C@H](NC(=O)c1cc(I)c(N)c(I)c1)C(=O)N1CCC[C@H]1C(=O)N[C@H](C=O)CC(=O)O.C[C@H](NC(=O)c1cc(I)c(O)c(I)c1)C(=O)N1CCC[C@H]1C(=O)N[C@H](C=O)CC(=O)O.C[C@H](NC(=O)c1ccc(N)cc1)C(=O)N1CCC[C@H]1C(=O)N[C@H](C=O)CC(=O)O.C[C@H](NC(=O)c1ccc(O)c(Cl)c1)C(=O)N1CCC[C@H]1C(=O)N[C@H](C=O)CC(=O)O. The van der Waals surface area contributed by atoms with Gasteiger partial charge < -0.3 is 123 Å². The van der Waals surface area contributed by atoms with Gasteiger partial charge in [0.25, 0.3) is 23.6 Å². The molecule has 654 valence electrons. The fraction of sp³-hybridized carbons (Fsp3) is 0.421. The van der Waals surface area contributed by atoms with E-state index in [0.29, 0.717) is 126 Å². The van der Waals surface area contributed by atoms with Crippen LogP contribution in [-0.4, -0.2) is 269 Å². The number of halogens is 5. The summed E-state index contributed by atoms with van der Waals surface area (Å²) in [7, 11) is 0. The van der Waals surface area contributed by atoms with Gasteiger partial charge in [0.1, 0.15) is 85.0 Å². The van der Waals surface area contributed by atoms with Crippen molar-refractivity contribution in [3.8, 4) is 11.5 Å². The minimum atomic E-state index is -1.24. The molecule has 45 heteroatoms. The van der Waals surface area contributed by atoms with Crippen LogP contribution in [0.3, 0.4) is 0 Å². The number of phenolic OH excluding ortho intramolecular Hbond substituents is 2. The zero-order valence-corrected chi connectivity index (χ0v) is 74.5. The van der Waals surface area contributed by atoms with Crippen LogP contribution in [0.25, 0.3) is 0 Å². The van der Waals surface area contributed by atoms with Gasteiger partial charge in [0.2, 0.25) is 47.3 Å². The molecular weight excluding hydrogens is 2070 g/mol. The lowest BCUT2D eigenvalue weighted by atomic mass is 10.1. The quantitative estimate of drug-likeness (QED) is 0.0187. The summed E-state index contributed by atoms with van der Waals surface area (Å²) in [4.78, 5) is 243. The van der Waals surface area contributed by atoms with Crippen molar-refractivity contribution in [1.82, 2.24) is 62.1 Å². The smallest absolute Gasteiger partial charge is 0.305 e. The third kappa shape index (κ3) is 30.3. The van der Waals surface area contributed by atoms with E-state index in [1.807, 2.05) is 90.4 Å². The highest BCUT2D eigenvalue weighted by Crippen LogP contribution is 2.30. The Hall–Kier alpha value is -10.5. The second-order valence-electron chi connectivity index (χ2n) is 27.9. The molecule has 8 rings (SSSR count). The molecule has 4 fully saturated rings. The first-order chi connectivity index (χ1) is 56.9. The number of amides is 12. The van der Waals surface area contributed by atoms with Gasteiger partial charge in [-0.05, 0) is 236 Å². The van der Waals surface area contributed by atoms with Crippen LogP contribution in [0.15, 0.2) is 66.7 Å². The van der Waals surface area contributed by atoms with Gasteiger partial charge in [0, 0.05) is 61.3 Å². The molecular formula is C76H89ClI4N14O26. The van der Waals surface area contributed by atoms with E-state index in [0.717, 1.165) is 7.14 Å². The van der Waals surface area contributed by atoms with E-state index in [1.54, 1.807) is 24.3 Å². The lowest BCUT2D eigenvalue weighted by molar-refractivity contribution is -0.142. The van der Waals surface area contributed by atoms with E-state index in [2.05, 4.69) is 42.5 Å². The average Bonchev–Trinajstić information content (AvgIpc) is 1.70. The number of benzene rings is 4. The minimum absolute atomic E-state index is 0.0102. The highest BCUT2D eigenvalue weighted by Gasteiger charge is 2.42. The number of likely N-dealkylation sites (tertiary alicyclic amines) is 4. The van der Waals surface area contributed by atoms with Crippen LogP contribution in [0.1, 0.15) is 146 Å². The number of carboxylic acid groups (broad SMARTS) is 4.